The predicted octanol–water partition coefficient (Wildman–Crippen LogP) is 2.67. The Bertz CT molecular complexity index is 763. The lowest BCUT2D eigenvalue weighted by Crippen LogP contribution is -2.42. The number of nitrogens with one attached hydrogen (secondary N) is 1. The van der Waals surface area contributed by atoms with Crippen molar-refractivity contribution in [3.63, 3.8) is 0 Å². The molecule has 1 atom stereocenters. The van der Waals surface area contributed by atoms with Crippen molar-refractivity contribution in [2.75, 3.05) is 6.54 Å². The van der Waals surface area contributed by atoms with Gasteiger partial charge >= 0.3 is 6.18 Å². The molecule has 1 heterocycles. The third-order valence-electron chi connectivity index (χ3n) is 4.32. The summed E-state index contributed by atoms with van der Waals surface area (Å²) < 4.78 is 41.5. The third kappa shape index (κ3) is 3.68. The molecule has 5 nitrogen and oxygen atoms in total. The van der Waals surface area contributed by atoms with Crippen LogP contribution in [0.5, 0.6) is 0 Å². The number of alkyl halides is 3. The Morgan fingerprint density at radius 1 is 1.36 bits per heavy atom. The van der Waals surface area contributed by atoms with E-state index in [1.165, 1.54) is 12.1 Å². The zero-order valence-electron chi connectivity index (χ0n) is 13.7. The molecule has 1 unspecified atom stereocenters. The minimum atomic E-state index is -4.72. The molecular formula is C17H19F3N4O. The van der Waals surface area contributed by atoms with E-state index in [2.05, 4.69) is 10.4 Å². The molecular weight excluding hydrogens is 333 g/mol. The summed E-state index contributed by atoms with van der Waals surface area (Å²) in [6.45, 7) is 2.03. The lowest BCUT2D eigenvalue weighted by molar-refractivity contribution is -0.143. The van der Waals surface area contributed by atoms with E-state index < -0.39 is 23.3 Å². The number of carbonyl (C=O) groups excluding carboxylic acids is 1. The van der Waals surface area contributed by atoms with Gasteiger partial charge in [-0.2, -0.15) is 18.3 Å². The minimum Gasteiger partial charge on any atom is -0.348 e. The third-order valence-corrected chi connectivity index (χ3v) is 4.32. The molecule has 1 amide bonds. The highest BCUT2D eigenvalue weighted by Crippen LogP contribution is 2.35. The molecule has 0 spiro atoms. The average Bonchev–Trinajstić information content (AvgIpc) is 3.29. The van der Waals surface area contributed by atoms with Gasteiger partial charge in [-0.05, 0) is 37.8 Å². The summed E-state index contributed by atoms with van der Waals surface area (Å²) in [4.78, 5) is 12.4. The highest BCUT2D eigenvalue weighted by Gasteiger charge is 2.41. The van der Waals surface area contributed by atoms with Gasteiger partial charge in [-0.1, -0.05) is 17.7 Å². The van der Waals surface area contributed by atoms with E-state index in [1.807, 2.05) is 6.92 Å². The molecule has 1 aromatic carbocycles. The van der Waals surface area contributed by atoms with Gasteiger partial charge in [-0.25, -0.2) is 4.68 Å². The first-order valence-electron chi connectivity index (χ1n) is 8.04. The van der Waals surface area contributed by atoms with Gasteiger partial charge in [0.05, 0.1) is 17.4 Å². The topological polar surface area (TPSA) is 72.9 Å². The van der Waals surface area contributed by atoms with Crippen molar-refractivity contribution in [3.8, 4) is 5.69 Å². The van der Waals surface area contributed by atoms with Crippen LogP contribution in [0.1, 0.15) is 34.5 Å². The van der Waals surface area contributed by atoms with Crippen molar-refractivity contribution in [1.29, 1.82) is 0 Å². The number of aryl methyl sites for hydroxylation is 1. The monoisotopic (exact) mass is 352 g/mol. The van der Waals surface area contributed by atoms with Crippen LogP contribution in [0.4, 0.5) is 13.2 Å². The number of rotatable bonds is 5. The highest BCUT2D eigenvalue weighted by molar-refractivity contribution is 5.95. The molecule has 0 bridgehead atoms. The van der Waals surface area contributed by atoms with Crippen molar-refractivity contribution < 1.29 is 18.0 Å². The number of nitrogens with two attached hydrogens (primary N) is 1. The molecule has 1 aliphatic carbocycles. The van der Waals surface area contributed by atoms with Crippen LogP contribution in [0.2, 0.25) is 0 Å². The Hall–Kier alpha value is -2.35. The van der Waals surface area contributed by atoms with Gasteiger partial charge in [0.25, 0.3) is 5.91 Å². The van der Waals surface area contributed by atoms with Crippen molar-refractivity contribution in [2.45, 2.75) is 32.0 Å². The summed E-state index contributed by atoms with van der Waals surface area (Å²) in [7, 11) is 0. The van der Waals surface area contributed by atoms with E-state index >= 15 is 0 Å². The summed E-state index contributed by atoms with van der Waals surface area (Å²) >= 11 is 0. The number of carbonyl (C=O) groups is 1. The molecule has 0 saturated heterocycles. The molecule has 1 saturated carbocycles. The first kappa shape index (κ1) is 17.5. The van der Waals surface area contributed by atoms with Gasteiger partial charge in [-0.15, -0.1) is 0 Å². The normalized spacial score (nSPS) is 15.9. The molecule has 0 aliphatic heterocycles. The largest absolute Gasteiger partial charge is 0.434 e. The van der Waals surface area contributed by atoms with E-state index in [0.717, 1.165) is 29.3 Å². The summed E-state index contributed by atoms with van der Waals surface area (Å²) in [5.41, 5.74) is 5.20. The van der Waals surface area contributed by atoms with Crippen LogP contribution < -0.4 is 11.1 Å². The number of aromatic nitrogens is 2. The molecule has 1 aromatic heterocycles. The molecule has 134 valence electrons. The quantitative estimate of drug-likeness (QED) is 0.869. The Kier molecular flexibility index (Phi) is 4.55. The number of nitrogens with zero attached hydrogens (tertiary/aromatic N) is 2. The van der Waals surface area contributed by atoms with Gasteiger partial charge in [0.2, 0.25) is 0 Å². The average molecular weight is 352 g/mol. The first-order valence-corrected chi connectivity index (χ1v) is 8.04. The standard InChI is InChI=1S/C17H19F3N4O/c1-10-2-6-12(7-3-10)24-15(17(18,19)20)13(9-22-24)16(25)23-14(8-21)11-4-5-11/h2-3,6-7,9,11,14H,4-5,8,21H2,1H3,(H,23,25). The van der Waals surface area contributed by atoms with Gasteiger partial charge in [0, 0.05) is 12.6 Å². The SMILES string of the molecule is Cc1ccc(-n2ncc(C(=O)NC(CN)C3CC3)c2C(F)(F)F)cc1. The second kappa shape index (κ2) is 6.51. The highest BCUT2D eigenvalue weighted by atomic mass is 19.4. The summed E-state index contributed by atoms with van der Waals surface area (Å²) in [6, 6.07) is 6.14. The maximum absolute atomic E-state index is 13.6. The minimum absolute atomic E-state index is 0.198. The number of amides is 1. The molecule has 3 N–H and O–H groups in total. The van der Waals surface area contributed by atoms with Crippen molar-refractivity contribution in [1.82, 2.24) is 15.1 Å². The molecule has 25 heavy (non-hydrogen) atoms. The molecule has 1 fully saturated rings. The maximum atomic E-state index is 13.6. The Labute approximate surface area is 143 Å². The van der Waals surface area contributed by atoms with Crippen LogP contribution in [0, 0.1) is 12.8 Å². The number of hydrogen-bond acceptors (Lipinski definition) is 3. The van der Waals surface area contributed by atoms with Crippen molar-refractivity contribution >= 4 is 5.91 Å². The summed E-state index contributed by atoms with van der Waals surface area (Å²) in [6.07, 6.45) is -1.90. The summed E-state index contributed by atoms with van der Waals surface area (Å²) in [5.74, 6) is -0.552. The molecule has 0 radical (unpaired) electrons. The predicted molar refractivity (Wildman–Crippen MR) is 86.3 cm³/mol. The smallest absolute Gasteiger partial charge is 0.348 e. The van der Waals surface area contributed by atoms with Crippen LogP contribution in [0.25, 0.3) is 5.69 Å². The van der Waals surface area contributed by atoms with E-state index in [4.69, 9.17) is 5.73 Å². The number of halogens is 3. The second-order valence-electron chi connectivity index (χ2n) is 6.31. The Morgan fingerprint density at radius 3 is 2.52 bits per heavy atom. The van der Waals surface area contributed by atoms with Gasteiger partial charge in [0.1, 0.15) is 0 Å². The Morgan fingerprint density at radius 2 is 2.00 bits per heavy atom. The van der Waals surface area contributed by atoms with E-state index in [0.29, 0.717) is 0 Å². The van der Waals surface area contributed by atoms with E-state index in [1.54, 1.807) is 12.1 Å². The van der Waals surface area contributed by atoms with Gasteiger partial charge in [0.15, 0.2) is 5.69 Å². The lowest BCUT2D eigenvalue weighted by atomic mass is 10.1. The summed E-state index contributed by atoms with van der Waals surface area (Å²) in [5, 5.41) is 6.42. The van der Waals surface area contributed by atoms with Crippen LogP contribution in [-0.4, -0.2) is 28.3 Å². The van der Waals surface area contributed by atoms with Crippen LogP contribution in [0.15, 0.2) is 30.5 Å². The van der Waals surface area contributed by atoms with Crippen molar-refractivity contribution in [2.24, 2.45) is 11.7 Å². The molecule has 2 aromatic rings. The fourth-order valence-corrected chi connectivity index (χ4v) is 2.78. The number of hydrogen-bond donors (Lipinski definition) is 2. The molecule has 3 rings (SSSR count). The number of benzene rings is 1. The maximum Gasteiger partial charge on any atom is 0.434 e. The van der Waals surface area contributed by atoms with Gasteiger partial charge in [-0.3, -0.25) is 4.79 Å². The molecule has 8 heteroatoms. The zero-order valence-corrected chi connectivity index (χ0v) is 13.7. The second-order valence-corrected chi connectivity index (χ2v) is 6.31. The van der Waals surface area contributed by atoms with Crippen molar-refractivity contribution in [3.05, 3.63) is 47.3 Å². The van der Waals surface area contributed by atoms with E-state index in [-0.39, 0.29) is 24.2 Å². The van der Waals surface area contributed by atoms with Gasteiger partial charge < -0.3 is 11.1 Å². The van der Waals surface area contributed by atoms with Crippen LogP contribution in [-0.2, 0) is 6.18 Å². The van der Waals surface area contributed by atoms with Crippen LogP contribution in [0.3, 0.4) is 0 Å². The molecule has 1 aliphatic rings. The first-order chi connectivity index (χ1) is 11.8. The lowest BCUT2D eigenvalue weighted by Gasteiger charge is -2.17. The fourth-order valence-electron chi connectivity index (χ4n) is 2.78. The zero-order chi connectivity index (χ0) is 18.2. The van der Waals surface area contributed by atoms with Crippen LogP contribution >= 0.6 is 0 Å². The van der Waals surface area contributed by atoms with E-state index in [9.17, 15) is 18.0 Å². The Balaban J connectivity index is 1.96. The fraction of sp³-hybridized carbons (Fsp3) is 0.412.